The van der Waals surface area contributed by atoms with E-state index >= 15 is 0 Å². The number of guanidine groups is 1. The molecule has 16 nitrogen and oxygen atoms in total. The summed E-state index contributed by atoms with van der Waals surface area (Å²) < 4.78 is 0. The number of nitrogens with zero attached hydrogens (tertiary/aromatic N) is 1. The molecule has 16 heteroatoms. The Morgan fingerprint density at radius 3 is 2.00 bits per heavy atom. The van der Waals surface area contributed by atoms with Crippen molar-refractivity contribution < 1.29 is 44.4 Å². The Labute approximate surface area is 223 Å². The monoisotopic (exact) mass is 553 g/mol. The van der Waals surface area contributed by atoms with E-state index in [0.29, 0.717) is 5.56 Å². The van der Waals surface area contributed by atoms with Crippen molar-refractivity contribution in [3.63, 3.8) is 0 Å². The van der Waals surface area contributed by atoms with Gasteiger partial charge in [0.15, 0.2) is 12.0 Å². The number of aromatic hydroxyl groups is 1. The van der Waals surface area contributed by atoms with Gasteiger partial charge in [0.25, 0.3) is 0 Å². The van der Waals surface area contributed by atoms with Crippen molar-refractivity contribution >= 4 is 35.6 Å². The number of amides is 3. The van der Waals surface area contributed by atoms with E-state index in [2.05, 4.69) is 20.9 Å². The minimum atomic E-state index is -1.68. The highest BCUT2D eigenvalue weighted by atomic mass is 16.4. The van der Waals surface area contributed by atoms with Crippen LogP contribution in [0.2, 0.25) is 0 Å². The average molecular weight is 554 g/mol. The zero-order valence-corrected chi connectivity index (χ0v) is 21.2. The number of benzene rings is 1. The van der Waals surface area contributed by atoms with Crippen LogP contribution in [0, 0.1) is 0 Å². The summed E-state index contributed by atoms with van der Waals surface area (Å²) in [5.74, 6) is -5.82. The molecule has 0 aliphatic heterocycles. The molecule has 1 aromatic rings. The minimum Gasteiger partial charge on any atom is -0.508 e. The zero-order valence-electron chi connectivity index (χ0n) is 21.2. The van der Waals surface area contributed by atoms with Crippen LogP contribution in [0.15, 0.2) is 29.3 Å². The fraction of sp³-hybridized carbons (Fsp3) is 0.478. The summed E-state index contributed by atoms with van der Waals surface area (Å²) in [7, 11) is 0. The molecule has 5 unspecified atom stereocenters. The van der Waals surface area contributed by atoms with E-state index in [1.165, 1.54) is 24.3 Å². The van der Waals surface area contributed by atoms with Crippen LogP contribution in [0.3, 0.4) is 0 Å². The molecule has 39 heavy (non-hydrogen) atoms. The molecule has 0 fully saturated rings. The molecule has 0 saturated carbocycles. The second-order valence-corrected chi connectivity index (χ2v) is 8.71. The second kappa shape index (κ2) is 15.7. The van der Waals surface area contributed by atoms with Crippen molar-refractivity contribution in [1.29, 1.82) is 0 Å². The van der Waals surface area contributed by atoms with Crippen LogP contribution < -0.4 is 33.2 Å². The van der Waals surface area contributed by atoms with E-state index in [9.17, 15) is 39.3 Å². The van der Waals surface area contributed by atoms with Crippen molar-refractivity contribution in [2.75, 3.05) is 6.54 Å². The van der Waals surface area contributed by atoms with Crippen molar-refractivity contribution in [3.05, 3.63) is 29.8 Å². The molecule has 0 aliphatic carbocycles. The highest BCUT2D eigenvalue weighted by molar-refractivity contribution is 5.95. The average Bonchev–Trinajstić information content (AvgIpc) is 2.83. The summed E-state index contributed by atoms with van der Waals surface area (Å²) in [6, 6.07) is -0.178. The molecule has 0 aromatic heterocycles. The lowest BCUT2D eigenvalue weighted by Crippen LogP contribution is -2.58. The molecule has 0 aliphatic rings. The molecule has 1 rings (SSSR count). The molecule has 5 atom stereocenters. The smallest absolute Gasteiger partial charge is 0.328 e. The Kier molecular flexibility index (Phi) is 13.1. The number of aliphatic imine (C=N–C) groups is 1. The van der Waals surface area contributed by atoms with Crippen LogP contribution in [0.4, 0.5) is 0 Å². The fourth-order valence-corrected chi connectivity index (χ4v) is 3.32. The molecular weight excluding hydrogens is 518 g/mol. The number of carbonyl (C=O) groups is 5. The number of carboxylic acids is 2. The molecular formula is C23H35N7O9. The molecule has 0 spiro atoms. The topological polar surface area (TPSA) is 293 Å². The fourth-order valence-electron chi connectivity index (χ4n) is 3.32. The van der Waals surface area contributed by atoms with Crippen LogP contribution in [-0.2, 0) is 30.4 Å². The number of carboxylic acid groups (broad SMARTS) is 2. The molecule has 0 radical (unpaired) electrons. The number of phenols is 1. The number of hydrogen-bond donors (Lipinski definition) is 10. The van der Waals surface area contributed by atoms with Crippen LogP contribution in [0.25, 0.3) is 0 Å². The highest BCUT2D eigenvalue weighted by Crippen LogP contribution is 2.12. The lowest BCUT2D eigenvalue weighted by atomic mass is 10.0. The standard InChI is InChI=1S/C23H35N7O9/c1-11(31)18(22(38)39)30-21(37)16(9-12-4-6-13(32)7-5-12)29-20(36)15(3-2-8-27-23(25)26)28-19(35)14(24)10-17(33)34/h4-7,11,14-16,18,31-32H,2-3,8-10,24H2,1H3,(H,28,35)(H,29,36)(H,30,37)(H,33,34)(H,38,39)(H4,25,26,27). The van der Waals surface area contributed by atoms with E-state index in [1.807, 2.05) is 0 Å². The third kappa shape index (κ3) is 12.1. The van der Waals surface area contributed by atoms with Crippen molar-refractivity contribution in [2.24, 2.45) is 22.2 Å². The molecule has 0 saturated heterocycles. The van der Waals surface area contributed by atoms with Crippen molar-refractivity contribution in [2.45, 2.75) is 62.9 Å². The SMILES string of the molecule is CC(O)C(NC(=O)C(Cc1ccc(O)cc1)NC(=O)C(CCCN=C(N)N)NC(=O)C(N)CC(=O)O)C(=O)O. The Morgan fingerprint density at radius 1 is 0.923 bits per heavy atom. The van der Waals surface area contributed by atoms with Crippen molar-refractivity contribution in [1.82, 2.24) is 16.0 Å². The number of nitrogens with one attached hydrogen (secondary N) is 3. The van der Waals surface area contributed by atoms with Crippen LogP contribution in [0.1, 0.15) is 31.7 Å². The lowest BCUT2D eigenvalue weighted by molar-refractivity contribution is -0.145. The first kappa shape index (κ1) is 32.6. The number of carbonyl (C=O) groups excluding carboxylic acids is 3. The first-order chi connectivity index (χ1) is 18.2. The van der Waals surface area contributed by atoms with E-state index in [1.54, 1.807) is 0 Å². The van der Waals surface area contributed by atoms with Gasteiger partial charge in [0.05, 0.1) is 18.6 Å². The highest BCUT2D eigenvalue weighted by Gasteiger charge is 2.32. The Bertz CT molecular complexity index is 1040. The summed E-state index contributed by atoms with van der Waals surface area (Å²) in [5, 5.41) is 44.4. The van der Waals surface area contributed by atoms with Crippen LogP contribution in [0.5, 0.6) is 5.75 Å². The number of rotatable bonds is 16. The number of aliphatic hydroxyl groups is 1. The molecule has 0 bridgehead atoms. The van der Waals surface area contributed by atoms with Crippen LogP contribution >= 0.6 is 0 Å². The molecule has 0 heterocycles. The minimum absolute atomic E-state index is 0.0346. The summed E-state index contributed by atoms with van der Waals surface area (Å²) in [6.45, 7) is 1.25. The Hall–Kier alpha value is -4.44. The number of phenolic OH excluding ortho intramolecular Hbond substituents is 1. The van der Waals surface area contributed by atoms with E-state index < -0.39 is 66.4 Å². The zero-order chi connectivity index (χ0) is 29.7. The predicted octanol–water partition coefficient (Wildman–Crippen LogP) is -3.29. The maximum absolute atomic E-state index is 13.2. The van der Waals surface area contributed by atoms with Gasteiger partial charge in [0.1, 0.15) is 17.8 Å². The van der Waals surface area contributed by atoms with Gasteiger partial charge in [0.2, 0.25) is 17.7 Å². The van der Waals surface area contributed by atoms with E-state index in [0.717, 1.165) is 6.92 Å². The quantitative estimate of drug-likeness (QED) is 0.0547. The maximum atomic E-state index is 13.2. The number of hydrogen-bond acceptors (Lipinski definition) is 9. The van der Waals surface area contributed by atoms with Crippen molar-refractivity contribution in [3.8, 4) is 5.75 Å². The largest absolute Gasteiger partial charge is 0.508 e. The van der Waals surface area contributed by atoms with Gasteiger partial charge in [-0.1, -0.05) is 12.1 Å². The van der Waals surface area contributed by atoms with E-state index in [-0.39, 0.29) is 37.5 Å². The number of aliphatic hydroxyl groups excluding tert-OH is 1. The molecule has 1 aromatic carbocycles. The van der Waals surface area contributed by atoms with Crippen LogP contribution in [-0.4, -0.2) is 92.9 Å². The number of aliphatic carboxylic acids is 2. The first-order valence-corrected chi connectivity index (χ1v) is 11.8. The number of nitrogens with two attached hydrogens (primary N) is 3. The van der Waals surface area contributed by atoms with Gasteiger partial charge >= 0.3 is 11.9 Å². The molecule has 3 amide bonds. The van der Waals surface area contributed by atoms with Gasteiger partial charge in [0, 0.05) is 13.0 Å². The van der Waals surface area contributed by atoms with Gasteiger partial charge in [-0.3, -0.25) is 24.2 Å². The van der Waals surface area contributed by atoms with Gasteiger partial charge in [-0.25, -0.2) is 4.79 Å². The van der Waals surface area contributed by atoms with Gasteiger partial charge in [-0.2, -0.15) is 0 Å². The van der Waals surface area contributed by atoms with Gasteiger partial charge in [-0.05, 0) is 37.5 Å². The summed E-state index contributed by atoms with van der Waals surface area (Å²) >= 11 is 0. The Morgan fingerprint density at radius 2 is 1.49 bits per heavy atom. The molecule has 216 valence electrons. The summed E-state index contributed by atoms with van der Waals surface area (Å²) in [5.41, 5.74) is 16.6. The normalized spacial score (nSPS) is 14.5. The van der Waals surface area contributed by atoms with Gasteiger partial charge < -0.3 is 53.6 Å². The van der Waals surface area contributed by atoms with E-state index in [4.69, 9.17) is 22.3 Å². The van der Waals surface area contributed by atoms with Gasteiger partial charge in [-0.15, -0.1) is 0 Å². The maximum Gasteiger partial charge on any atom is 0.328 e. The Balaban J connectivity index is 3.20. The first-order valence-electron chi connectivity index (χ1n) is 11.8. The summed E-state index contributed by atoms with van der Waals surface area (Å²) in [4.78, 5) is 64.8. The summed E-state index contributed by atoms with van der Waals surface area (Å²) in [6.07, 6.45) is -2.15. The molecule has 13 N–H and O–H groups in total. The second-order valence-electron chi connectivity index (χ2n) is 8.71. The third-order valence-corrected chi connectivity index (χ3v) is 5.36. The lowest BCUT2D eigenvalue weighted by Gasteiger charge is -2.26. The predicted molar refractivity (Wildman–Crippen MR) is 137 cm³/mol. The third-order valence-electron chi connectivity index (χ3n) is 5.36.